The van der Waals surface area contributed by atoms with Crippen LogP contribution in [0.25, 0.3) is 0 Å². The van der Waals surface area contributed by atoms with Crippen molar-refractivity contribution in [3.63, 3.8) is 0 Å². The summed E-state index contributed by atoms with van der Waals surface area (Å²) in [5, 5.41) is 11.3. The lowest BCUT2D eigenvalue weighted by molar-refractivity contribution is -0.757. The van der Waals surface area contributed by atoms with Gasteiger partial charge >= 0.3 is 6.09 Å². The van der Waals surface area contributed by atoms with Gasteiger partial charge in [-0.1, -0.05) is 18.2 Å². The lowest BCUT2D eigenvalue weighted by Gasteiger charge is -2.05. The van der Waals surface area contributed by atoms with Gasteiger partial charge in [0.1, 0.15) is 13.2 Å². The van der Waals surface area contributed by atoms with E-state index < -0.39 is 11.2 Å². The van der Waals surface area contributed by atoms with Crippen molar-refractivity contribution in [2.75, 3.05) is 18.5 Å². The first-order valence-electron chi connectivity index (χ1n) is 4.44. The highest BCUT2D eigenvalue weighted by Crippen LogP contribution is 2.04. The molecule has 0 aromatic heterocycles. The number of hydrogen-bond acceptors (Lipinski definition) is 5. The van der Waals surface area contributed by atoms with Crippen LogP contribution in [-0.2, 0) is 9.57 Å². The van der Waals surface area contributed by atoms with Crippen LogP contribution in [0.3, 0.4) is 0 Å². The van der Waals surface area contributed by atoms with Gasteiger partial charge in [-0.25, -0.2) is 4.79 Å². The molecule has 0 saturated heterocycles. The van der Waals surface area contributed by atoms with Crippen molar-refractivity contribution in [2.45, 2.75) is 0 Å². The van der Waals surface area contributed by atoms with Crippen LogP contribution in [0.15, 0.2) is 30.3 Å². The highest BCUT2D eigenvalue weighted by Gasteiger charge is 2.02. The molecular formula is C9H10N2O5. The van der Waals surface area contributed by atoms with Gasteiger partial charge in [-0.2, -0.15) is 0 Å². The Morgan fingerprint density at radius 3 is 2.62 bits per heavy atom. The predicted molar refractivity (Wildman–Crippen MR) is 54.4 cm³/mol. The van der Waals surface area contributed by atoms with Crippen LogP contribution in [0, 0.1) is 10.1 Å². The molecule has 7 nitrogen and oxygen atoms in total. The number of carbonyl (C=O) groups excluding carboxylic acids is 1. The minimum absolute atomic E-state index is 0.181. The lowest BCUT2D eigenvalue weighted by Crippen LogP contribution is -2.17. The number of anilines is 1. The van der Waals surface area contributed by atoms with E-state index in [-0.39, 0.29) is 13.2 Å². The molecule has 0 saturated carbocycles. The Morgan fingerprint density at radius 1 is 1.31 bits per heavy atom. The molecule has 0 atom stereocenters. The number of nitrogens with one attached hydrogen (secondary N) is 1. The summed E-state index contributed by atoms with van der Waals surface area (Å²) in [6.45, 7) is -0.463. The summed E-state index contributed by atoms with van der Waals surface area (Å²) in [5.74, 6) is 0. The van der Waals surface area contributed by atoms with E-state index in [1.54, 1.807) is 30.3 Å². The first-order valence-corrected chi connectivity index (χ1v) is 4.44. The van der Waals surface area contributed by atoms with E-state index in [9.17, 15) is 14.9 Å². The summed E-state index contributed by atoms with van der Waals surface area (Å²) in [4.78, 5) is 24.8. The highest BCUT2D eigenvalue weighted by atomic mass is 17.0. The van der Waals surface area contributed by atoms with Crippen molar-refractivity contribution in [3.05, 3.63) is 40.4 Å². The van der Waals surface area contributed by atoms with Gasteiger partial charge in [-0.05, 0) is 12.1 Å². The van der Waals surface area contributed by atoms with Crippen molar-refractivity contribution in [3.8, 4) is 0 Å². The maximum atomic E-state index is 11.1. The average Bonchev–Trinajstić information content (AvgIpc) is 2.25. The number of benzene rings is 1. The molecule has 1 N–H and O–H groups in total. The molecule has 0 aliphatic heterocycles. The third kappa shape index (κ3) is 4.80. The molecule has 0 fully saturated rings. The van der Waals surface area contributed by atoms with E-state index in [1.165, 1.54) is 0 Å². The molecular weight excluding hydrogens is 216 g/mol. The third-order valence-electron chi connectivity index (χ3n) is 1.53. The molecule has 1 aromatic rings. The summed E-state index contributed by atoms with van der Waals surface area (Å²) in [7, 11) is 0. The van der Waals surface area contributed by atoms with Gasteiger partial charge in [0.2, 0.25) is 0 Å². The molecule has 16 heavy (non-hydrogen) atoms. The zero-order chi connectivity index (χ0) is 11.8. The number of rotatable bonds is 5. The second kappa shape index (κ2) is 6.23. The number of nitrogens with zero attached hydrogens (tertiary/aromatic N) is 1. The summed E-state index contributed by atoms with van der Waals surface area (Å²) in [6.07, 6.45) is -0.682. The number of para-hydroxylation sites is 1. The Morgan fingerprint density at radius 2 is 2.00 bits per heavy atom. The fourth-order valence-corrected chi connectivity index (χ4v) is 0.922. The average molecular weight is 226 g/mol. The summed E-state index contributed by atoms with van der Waals surface area (Å²) < 4.78 is 4.62. The smallest absolute Gasteiger partial charge is 0.411 e. The fourth-order valence-electron chi connectivity index (χ4n) is 0.922. The first kappa shape index (κ1) is 11.8. The molecule has 7 heteroatoms. The molecule has 1 amide bonds. The fraction of sp³-hybridized carbons (Fsp3) is 0.222. The molecule has 0 aliphatic carbocycles. The van der Waals surface area contributed by atoms with Gasteiger partial charge in [-0.3, -0.25) is 5.32 Å². The maximum absolute atomic E-state index is 11.1. The Labute approximate surface area is 91.1 Å². The maximum Gasteiger partial charge on any atom is 0.411 e. The summed E-state index contributed by atoms with van der Waals surface area (Å²) in [5.41, 5.74) is 0.586. The van der Waals surface area contributed by atoms with E-state index >= 15 is 0 Å². The zero-order valence-corrected chi connectivity index (χ0v) is 8.29. The molecule has 86 valence electrons. The Hall–Kier alpha value is -2.31. The predicted octanol–water partition coefficient (Wildman–Crippen LogP) is 1.44. The van der Waals surface area contributed by atoms with Gasteiger partial charge in [0.15, 0.2) is 0 Å². The molecule has 1 aromatic carbocycles. The molecule has 1 rings (SSSR count). The quantitative estimate of drug-likeness (QED) is 0.466. The largest absolute Gasteiger partial charge is 0.447 e. The molecule has 0 unspecified atom stereocenters. The van der Waals surface area contributed by atoms with Crippen molar-refractivity contribution < 1.29 is 19.5 Å². The minimum Gasteiger partial charge on any atom is -0.447 e. The van der Waals surface area contributed by atoms with Gasteiger partial charge in [-0.15, -0.1) is 10.1 Å². The number of hydrogen-bond donors (Lipinski definition) is 1. The topological polar surface area (TPSA) is 90.7 Å². The van der Waals surface area contributed by atoms with Crippen LogP contribution in [0.2, 0.25) is 0 Å². The molecule has 0 heterocycles. The SMILES string of the molecule is O=C(Nc1ccccc1)OCCO[N+](=O)[O-]. The van der Waals surface area contributed by atoms with Crippen LogP contribution in [0.1, 0.15) is 0 Å². The third-order valence-corrected chi connectivity index (χ3v) is 1.53. The van der Waals surface area contributed by atoms with Crippen LogP contribution in [0.4, 0.5) is 10.5 Å². The number of carbonyl (C=O) groups is 1. The van der Waals surface area contributed by atoms with E-state index in [4.69, 9.17) is 0 Å². The van der Waals surface area contributed by atoms with Crippen LogP contribution in [0.5, 0.6) is 0 Å². The van der Waals surface area contributed by atoms with Gasteiger partial charge < -0.3 is 9.57 Å². The monoisotopic (exact) mass is 226 g/mol. The van der Waals surface area contributed by atoms with Crippen LogP contribution < -0.4 is 5.32 Å². The Kier molecular flexibility index (Phi) is 4.58. The van der Waals surface area contributed by atoms with Gasteiger partial charge in [0.05, 0.1) is 0 Å². The summed E-state index contributed by atoms with van der Waals surface area (Å²) >= 11 is 0. The highest BCUT2D eigenvalue weighted by molar-refractivity contribution is 5.84. The number of amides is 1. The normalized spacial score (nSPS) is 9.25. The first-order chi connectivity index (χ1) is 7.68. The van der Waals surface area contributed by atoms with Gasteiger partial charge in [0, 0.05) is 5.69 Å². The molecule has 0 radical (unpaired) electrons. The van der Waals surface area contributed by atoms with E-state index in [1.807, 2.05) is 0 Å². The second-order valence-corrected chi connectivity index (χ2v) is 2.68. The minimum atomic E-state index is -0.946. The van der Waals surface area contributed by atoms with Crippen molar-refractivity contribution in [2.24, 2.45) is 0 Å². The molecule has 0 spiro atoms. The van der Waals surface area contributed by atoms with E-state index in [0.717, 1.165) is 0 Å². The van der Waals surface area contributed by atoms with Crippen molar-refractivity contribution >= 4 is 11.8 Å². The van der Waals surface area contributed by atoms with Gasteiger partial charge in [0.25, 0.3) is 5.09 Å². The second-order valence-electron chi connectivity index (χ2n) is 2.68. The molecule has 0 aliphatic rings. The van der Waals surface area contributed by atoms with Crippen LogP contribution in [-0.4, -0.2) is 24.4 Å². The summed E-state index contributed by atoms with van der Waals surface area (Å²) in [6, 6.07) is 8.70. The lowest BCUT2D eigenvalue weighted by atomic mass is 10.3. The van der Waals surface area contributed by atoms with Crippen molar-refractivity contribution in [1.82, 2.24) is 0 Å². The number of ether oxygens (including phenoxy) is 1. The Balaban J connectivity index is 2.19. The van der Waals surface area contributed by atoms with Crippen LogP contribution >= 0.6 is 0 Å². The van der Waals surface area contributed by atoms with E-state index in [2.05, 4.69) is 14.9 Å². The molecule has 0 bridgehead atoms. The Bertz CT molecular complexity index is 354. The van der Waals surface area contributed by atoms with Crippen molar-refractivity contribution in [1.29, 1.82) is 0 Å². The standard InChI is InChI=1S/C9H10N2O5/c12-9(15-6-7-16-11(13)14)10-8-4-2-1-3-5-8/h1-5H,6-7H2,(H,10,12). The van der Waals surface area contributed by atoms with E-state index in [0.29, 0.717) is 5.69 Å². The zero-order valence-electron chi connectivity index (χ0n) is 8.29.